The average Bonchev–Trinajstić information content (AvgIpc) is 2.84. The van der Waals surface area contributed by atoms with Gasteiger partial charge in [-0.05, 0) is 43.0 Å². The molecule has 11 nitrogen and oxygen atoms in total. The summed E-state index contributed by atoms with van der Waals surface area (Å²) < 4.78 is 32.0. The quantitative estimate of drug-likeness (QED) is 0.335. The van der Waals surface area contributed by atoms with Crippen LogP contribution in [0.5, 0.6) is 5.88 Å². The number of rotatable bonds is 12. The molecule has 0 radical (unpaired) electrons. The van der Waals surface area contributed by atoms with E-state index in [1.165, 1.54) is 24.3 Å². The number of pyridine rings is 1. The molecule has 0 bridgehead atoms. The summed E-state index contributed by atoms with van der Waals surface area (Å²) in [5.41, 5.74) is 0.782. The molecule has 35 heavy (non-hydrogen) atoms. The van der Waals surface area contributed by atoms with Crippen molar-refractivity contribution < 1.29 is 32.6 Å². The number of aliphatic hydroxyl groups is 1. The van der Waals surface area contributed by atoms with Crippen LogP contribution in [0.3, 0.4) is 0 Å². The highest BCUT2D eigenvalue weighted by Crippen LogP contribution is 2.13. The molecular weight excluding hydrogens is 476 g/mol. The first kappa shape index (κ1) is 27.7. The van der Waals surface area contributed by atoms with Crippen LogP contribution in [0.4, 0.5) is 4.79 Å². The van der Waals surface area contributed by atoms with Crippen molar-refractivity contribution in [1.29, 1.82) is 0 Å². The fourth-order valence-electron chi connectivity index (χ4n) is 3.07. The van der Waals surface area contributed by atoms with Gasteiger partial charge in [-0.25, -0.2) is 22.9 Å². The third-order valence-corrected chi connectivity index (χ3v) is 6.45. The van der Waals surface area contributed by atoms with Crippen LogP contribution in [0.2, 0.25) is 0 Å². The molecule has 0 saturated heterocycles. The van der Waals surface area contributed by atoms with Crippen molar-refractivity contribution in [2.45, 2.75) is 38.0 Å². The predicted molar refractivity (Wildman–Crippen MR) is 127 cm³/mol. The van der Waals surface area contributed by atoms with Crippen molar-refractivity contribution in [3.8, 4) is 5.88 Å². The first-order chi connectivity index (χ1) is 16.7. The fourth-order valence-corrected chi connectivity index (χ4v) is 4.05. The molecule has 0 aliphatic carbocycles. The Hall–Kier alpha value is -3.51. The number of ether oxygens (including phenoxy) is 1. The predicted octanol–water partition coefficient (Wildman–Crippen LogP) is 1.38. The zero-order valence-electron chi connectivity index (χ0n) is 19.6. The van der Waals surface area contributed by atoms with Gasteiger partial charge in [-0.15, -0.1) is 0 Å². The molecule has 0 spiro atoms. The van der Waals surface area contributed by atoms with E-state index in [0.717, 1.165) is 24.6 Å². The first-order valence-electron chi connectivity index (χ1n) is 11.2. The number of benzene rings is 1. The maximum absolute atomic E-state index is 12.6. The van der Waals surface area contributed by atoms with E-state index >= 15 is 0 Å². The second-order valence-corrected chi connectivity index (χ2v) is 9.24. The maximum atomic E-state index is 12.6. The number of nitrogens with zero attached hydrogens (tertiary/aromatic N) is 1. The van der Waals surface area contributed by atoms with E-state index < -0.39 is 22.0 Å². The summed E-state index contributed by atoms with van der Waals surface area (Å²) >= 11 is 0. The lowest BCUT2D eigenvalue weighted by Gasteiger charge is -2.13. The van der Waals surface area contributed by atoms with Crippen molar-refractivity contribution in [3.05, 3.63) is 53.7 Å². The second-order valence-electron chi connectivity index (χ2n) is 7.56. The number of hydrogen-bond donors (Lipinski definition) is 4. The van der Waals surface area contributed by atoms with E-state index in [-0.39, 0.29) is 41.3 Å². The van der Waals surface area contributed by atoms with Crippen molar-refractivity contribution in [3.63, 3.8) is 0 Å². The van der Waals surface area contributed by atoms with E-state index in [1.54, 1.807) is 12.1 Å². The number of amides is 3. The summed E-state index contributed by atoms with van der Waals surface area (Å²) in [4.78, 5) is 39.5. The topological polar surface area (TPSA) is 164 Å². The monoisotopic (exact) mass is 506 g/mol. The highest BCUT2D eigenvalue weighted by Gasteiger charge is 2.19. The molecule has 190 valence electrons. The van der Waals surface area contributed by atoms with Crippen molar-refractivity contribution in [2.75, 3.05) is 19.7 Å². The fraction of sp³-hybridized carbons (Fsp3) is 0.391. The van der Waals surface area contributed by atoms with E-state index in [4.69, 9.17) is 9.84 Å². The van der Waals surface area contributed by atoms with Gasteiger partial charge in [-0.3, -0.25) is 9.59 Å². The Bertz CT molecular complexity index is 1100. The summed E-state index contributed by atoms with van der Waals surface area (Å²) in [6, 6.07) is 8.50. The van der Waals surface area contributed by atoms with Crippen LogP contribution in [-0.2, 0) is 21.2 Å². The van der Waals surface area contributed by atoms with Gasteiger partial charge >= 0.3 is 6.09 Å². The van der Waals surface area contributed by atoms with Crippen molar-refractivity contribution in [2.24, 2.45) is 5.92 Å². The Labute approximate surface area is 204 Å². The SMILES string of the molecule is CCC(CC)C(=O)NCCc1ccc(S(=O)(=O)NC(=O)c2ccc(OC(=O)NCCO)nc2)cc1. The minimum atomic E-state index is -4.13. The summed E-state index contributed by atoms with van der Waals surface area (Å²) in [5.74, 6) is -1.01. The molecule has 3 amide bonds. The smallest absolute Gasteiger partial charge is 0.395 e. The molecule has 4 N–H and O–H groups in total. The molecule has 0 saturated carbocycles. The maximum Gasteiger partial charge on any atom is 0.414 e. The number of nitrogens with one attached hydrogen (secondary N) is 3. The Balaban J connectivity index is 1.92. The minimum Gasteiger partial charge on any atom is -0.395 e. The number of carbonyl (C=O) groups excluding carboxylic acids is 3. The van der Waals surface area contributed by atoms with Gasteiger partial charge in [0.2, 0.25) is 11.8 Å². The molecule has 0 aliphatic heterocycles. The lowest BCUT2D eigenvalue weighted by atomic mass is 10.0. The zero-order valence-corrected chi connectivity index (χ0v) is 20.4. The number of hydrogen-bond acceptors (Lipinski definition) is 8. The first-order valence-corrected chi connectivity index (χ1v) is 12.6. The molecule has 2 rings (SSSR count). The molecule has 1 aromatic heterocycles. The normalized spacial score (nSPS) is 11.1. The molecule has 12 heteroatoms. The Morgan fingerprint density at radius 2 is 1.69 bits per heavy atom. The van der Waals surface area contributed by atoms with Crippen LogP contribution in [0.25, 0.3) is 0 Å². The molecule has 0 fully saturated rings. The van der Waals surface area contributed by atoms with Crippen LogP contribution in [0.1, 0.15) is 42.6 Å². The summed E-state index contributed by atoms with van der Waals surface area (Å²) in [6.07, 6.45) is 2.33. The largest absolute Gasteiger partial charge is 0.414 e. The van der Waals surface area contributed by atoms with Gasteiger partial charge in [0.25, 0.3) is 15.9 Å². The van der Waals surface area contributed by atoms with Crippen LogP contribution >= 0.6 is 0 Å². The molecular formula is C23H30N4O7S. The molecule has 0 aliphatic rings. The minimum absolute atomic E-state index is 0.00701. The van der Waals surface area contributed by atoms with Gasteiger partial charge in [0, 0.05) is 31.3 Å². The molecule has 0 atom stereocenters. The van der Waals surface area contributed by atoms with E-state index in [1.807, 2.05) is 18.6 Å². The van der Waals surface area contributed by atoms with Crippen molar-refractivity contribution in [1.82, 2.24) is 20.3 Å². The van der Waals surface area contributed by atoms with Crippen LogP contribution in [-0.4, -0.2) is 56.1 Å². The molecule has 2 aromatic rings. The molecule has 1 aromatic carbocycles. The van der Waals surface area contributed by atoms with Gasteiger partial charge in [0.15, 0.2) is 0 Å². The number of carbonyl (C=O) groups is 3. The summed E-state index contributed by atoms with van der Waals surface area (Å²) in [7, 11) is -4.13. The van der Waals surface area contributed by atoms with E-state index in [2.05, 4.69) is 15.6 Å². The van der Waals surface area contributed by atoms with Crippen molar-refractivity contribution >= 4 is 27.9 Å². The molecule has 1 heterocycles. The average molecular weight is 507 g/mol. The zero-order chi connectivity index (χ0) is 25.8. The van der Waals surface area contributed by atoms with Gasteiger partial charge in [-0.2, -0.15) is 0 Å². The third kappa shape index (κ3) is 8.65. The van der Waals surface area contributed by atoms with E-state index in [9.17, 15) is 22.8 Å². The summed E-state index contributed by atoms with van der Waals surface area (Å²) in [6.45, 7) is 4.12. The highest BCUT2D eigenvalue weighted by molar-refractivity contribution is 7.90. The third-order valence-electron chi connectivity index (χ3n) is 5.11. The molecule has 0 unspecified atom stereocenters. The number of aliphatic hydroxyl groups excluding tert-OH is 1. The Morgan fingerprint density at radius 3 is 2.26 bits per heavy atom. The van der Waals surface area contributed by atoms with E-state index in [0.29, 0.717) is 13.0 Å². The second kappa shape index (κ2) is 13.4. The van der Waals surface area contributed by atoms with Crippen LogP contribution in [0.15, 0.2) is 47.5 Å². The van der Waals surface area contributed by atoms with Gasteiger partial charge in [0.05, 0.1) is 17.1 Å². The van der Waals surface area contributed by atoms with Gasteiger partial charge < -0.3 is 20.5 Å². The lowest BCUT2D eigenvalue weighted by Crippen LogP contribution is -2.31. The summed E-state index contributed by atoms with van der Waals surface area (Å²) in [5, 5.41) is 13.8. The number of aromatic nitrogens is 1. The lowest BCUT2D eigenvalue weighted by molar-refractivity contribution is -0.125. The Kier molecular flexibility index (Phi) is 10.6. The Morgan fingerprint density at radius 1 is 1.00 bits per heavy atom. The van der Waals surface area contributed by atoms with Gasteiger partial charge in [0.1, 0.15) is 0 Å². The number of sulfonamides is 1. The van der Waals surface area contributed by atoms with Crippen LogP contribution in [0, 0.1) is 5.92 Å². The van der Waals surface area contributed by atoms with Crippen LogP contribution < -0.4 is 20.1 Å². The standard InChI is InChI=1S/C23H30N4O7S/c1-3-17(4-2)21(29)24-12-11-16-5-8-19(9-6-16)35(32,33)27-22(30)18-7-10-20(26-15-18)34-23(31)25-13-14-28/h5-10,15,17,28H,3-4,11-14H2,1-2H3,(H,24,29)(H,25,31)(H,27,30). The highest BCUT2D eigenvalue weighted by atomic mass is 32.2. The van der Waals surface area contributed by atoms with Gasteiger partial charge in [-0.1, -0.05) is 26.0 Å².